The van der Waals surface area contributed by atoms with E-state index in [2.05, 4.69) is 38.2 Å². The maximum absolute atomic E-state index is 11.9. The first-order valence-corrected chi connectivity index (χ1v) is 7.50. The van der Waals surface area contributed by atoms with Gasteiger partial charge in [-0.2, -0.15) is 0 Å². The summed E-state index contributed by atoms with van der Waals surface area (Å²) in [4.78, 5) is 13.6. The van der Waals surface area contributed by atoms with Crippen molar-refractivity contribution in [1.82, 2.24) is 10.2 Å². The molecule has 1 aromatic rings. The first kappa shape index (κ1) is 17.5. The quantitative estimate of drug-likeness (QED) is 0.785. The fourth-order valence-electron chi connectivity index (χ4n) is 2.58. The number of hydrogen-bond acceptors (Lipinski definition) is 2. The number of aryl methyl sites for hydroxylation is 3. The van der Waals surface area contributed by atoms with Gasteiger partial charge in [0.25, 0.3) is 0 Å². The third-order valence-corrected chi connectivity index (χ3v) is 3.68. The van der Waals surface area contributed by atoms with Crippen LogP contribution in [0.2, 0.25) is 0 Å². The van der Waals surface area contributed by atoms with Crippen LogP contribution in [0, 0.1) is 20.8 Å². The molecule has 0 bridgehead atoms. The maximum Gasteiger partial charge on any atom is 0.317 e. The Hall–Kier alpha value is -1.55. The normalized spacial score (nSPS) is 10.5. The lowest BCUT2D eigenvalue weighted by atomic mass is 9.97. The summed E-state index contributed by atoms with van der Waals surface area (Å²) in [6, 6.07) is 4.37. The second-order valence-corrected chi connectivity index (χ2v) is 5.63. The number of benzene rings is 1. The molecule has 0 heterocycles. The third kappa shape index (κ3) is 5.76. The van der Waals surface area contributed by atoms with Gasteiger partial charge in [-0.1, -0.05) is 17.7 Å². The summed E-state index contributed by atoms with van der Waals surface area (Å²) < 4.78 is 4.99. The van der Waals surface area contributed by atoms with Crippen molar-refractivity contribution in [2.75, 3.05) is 33.9 Å². The molecule has 0 aliphatic heterocycles. The molecule has 4 heteroatoms. The van der Waals surface area contributed by atoms with Crippen LogP contribution in [0.25, 0.3) is 0 Å². The lowest BCUT2D eigenvalue weighted by molar-refractivity contribution is 0.175. The van der Waals surface area contributed by atoms with Crippen LogP contribution >= 0.6 is 0 Å². The standard InChI is InChI=1S/C17H28N2O2/c1-13-11-14(2)16(15(3)12-13)7-8-18-17(20)19(4)9-6-10-21-5/h11-12H,6-10H2,1-5H3,(H,18,20). The maximum atomic E-state index is 11.9. The van der Waals surface area contributed by atoms with Crippen LogP contribution in [0.15, 0.2) is 12.1 Å². The monoisotopic (exact) mass is 292 g/mol. The van der Waals surface area contributed by atoms with Gasteiger partial charge in [-0.3, -0.25) is 0 Å². The fraction of sp³-hybridized carbons (Fsp3) is 0.588. The average molecular weight is 292 g/mol. The Balaban J connectivity index is 2.41. The summed E-state index contributed by atoms with van der Waals surface area (Å²) >= 11 is 0. The van der Waals surface area contributed by atoms with E-state index in [0.717, 1.165) is 12.8 Å². The van der Waals surface area contributed by atoms with Gasteiger partial charge in [0.2, 0.25) is 0 Å². The van der Waals surface area contributed by atoms with Crippen molar-refractivity contribution in [2.24, 2.45) is 0 Å². The van der Waals surface area contributed by atoms with Gasteiger partial charge in [0.1, 0.15) is 0 Å². The minimum atomic E-state index is -0.0199. The molecule has 21 heavy (non-hydrogen) atoms. The molecular formula is C17H28N2O2. The molecule has 1 rings (SSSR count). The number of carbonyl (C=O) groups excluding carboxylic acids is 1. The summed E-state index contributed by atoms with van der Waals surface area (Å²) in [6.45, 7) is 8.43. The summed E-state index contributed by atoms with van der Waals surface area (Å²) in [6.07, 6.45) is 1.73. The molecule has 0 aliphatic carbocycles. The Kier molecular flexibility index (Phi) is 7.23. The first-order chi connectivity index (χ1) is 9.95. The Bertz CT molecular complexity index is 449. The molecule has 0 saturated carbocycles. The molecule has 0 spiro atoms. The summed E-state index contributed by atoms with van der Waals surface area (Å²) in [5.74, 6) is 0. The summed E-state index contributed by atoms with van der Waals surface area (Å²) in [5, 5.41) is 2.97. The second-order valence-electron chi connectivity index (χ2n) is 5.63. The van der Waals surface area contributed by atoms with Crippen LogP contribution in [0.1, 0.15) is 28.7 Å². The molecule has 0 unspecified atom stereocenters. The number of ether oxygens (including phenoxy) is 1. The van der Waals surface area contributed by atoms with Gasteiger partial charge in [0.05, 0.1) is 0 Å². The number of rotatable bonds is 7. The van der Waals surface area contributed by atoms with E-state index >= 15 is 0 Å². The molecule has 0 fully saturated rings. The molecular weight excluding hydrogens is 264 g/mol. The third-order valence-electron chi connectivity index (χ3n) is 3.68. The molecule has 0 aromatic heterocycles. The van der Waals surface area contributed by atoms with Crippen molar-refractivity contribution in [1.29, 1.82) is 0 Å². The van der Waals surface area contributed by atoms with Crippen molar-refractivity contribution < 1.29 is 9.53 Å². The molecule has 1 aromatic carbocycles. The predicted molar refractivity (Wildman–Crippen MR) is 86.9 cm³/mol. The molecule has 0 saturated heterocycles. The lowest BCUT2D eigenvalue weighted by Gasteiger charge is -2.18. The van der Waals surface area contributed by atoms with Crippen LogP contribution < -0.4 is 5.32 Å². The fourth-order valence-corrected chi connectivity index (χ4v) is 2.58. The molecule has 1 N–H and O–H groups in total. The van der Waals surface area contributed by atoms with E-state index in [-0.39, 0.29) is 6.03 Å². The van der Waals surface area contributed by atoms with Crippen molar-refractivity contribution in [3.63, 3.8) is 0 Å². The molecule has 0 atom stereocenters. The van der Waals surface area contributed by atoms with Gasteiger partial charge in [0.15, 0.2) is 0 Å². The number of hydrogen-bond donors (Lipinski definition) is 1. The zero-order valence-corrected chi connectivity index (χ0v) is 14.0. The highest BCUT2D eigenvalue weighted by Gasteiger charge is 2.08. The second kappa shape index (κ2) is 8.67. The highest BCUT2D eigenvalue weighted by Crippen LogP contribution is 2.16. The summed E-state index contributed by atoms with van der Waals surface area (Å²) in [7, 11) is 3.49. The zero-order valence-electron chi connectivity index (χ0n) is 14.0. The minimum Gasteiger partial charge on any atom is -0.385 e. The van der Waals surface area contributed by atoms with Gasteiger partial charge in [-0.15, -0.1) is 0 Å². The van der Waals surface area contributed by atoms with Gasteiger partial charge >= 0.3 is 6.03 Å². The number of urea groups is 1. The van der Waals surface area contributed by atoms with Crippen LogP contribution in [0.3, 0.4) is 0 Å². The SMILES string of the molecule is COCCCN(C)C(=O)NCCc1c(C)cc(C)cc1C. The number of amides is 2. The van der Waals surface area contributed by atoms with Gasteiger partial charge in [-0.05, 0) is 50.3 Å². The predicted octanol–water partition coefficient (Wildman–Crippen LogP) is 2.83. The lowest BCUT2D eigenvalue weighted by Crippen LogP contribution is -2.39. The summed E-state index contributed by atoms with van der Waals surface area (Å²) in [5.41, 5.74) is 5.23. The van der Waals surface area contributed by atoms with E-state index in [1.807, 2.05) is 7.05 Å². The van der Waals surface area contributed by atoms with E-state index in [9.17, 15) is 4.79 Å². The number of methoxy groups -OCH3 is 1. The van der Waals surface area contributed by atoms with Crippen molar-refractivity contribution >= 4 is 6.03 Å². The topological polar surface area (TPSA) is 41.6 Å². The molecule has 4 nitrogen and oxygen atoms in total. The highest BCUT2D eigenvalue weighted by atomic mass is 16.5. The smallest absolute Gasteiger partial charge is 0.317 e. The molecule has 2 amide bonds. The van der Waals surface area contributed by atoms with E-state index in [1.165, 1.54) is 22.3 Å². The largest absolute Gasteiger partial charge is 0.385 e. The number of nitrogens with one attached hydrogen (secondary N) is 1. The Morgan fingerprint density at radius 3 is 2.43 bits per heavy atom. The molecule has 0 aliphatic rings. The van der Waals surface area contributed by atoms with Crippen molar-refractivity contribution in [2.45, 2.75) is 33.6 Å². The molecule has 118 valence electrons. The van der Waals surface area contributed by atoms with E-state index in [4.69, 9.17) is 4.74 Å². The Morgan fingerprint density at radius 2 is 1.86 bits per heavy atom. The average Bonchev–Trinajstić information content (AvgIpc) is 2.41. The van der Waals surface area contributed by atoms with Crippen molar-refractivity contribution in [3.8, 4) is 0 Å². The number of carbonyl (C=O) groups is 1. The molecule has 0 radical (unpaired) electrons. The van der Waals surface area contributed by atoms with Gasteiger partial charge < -0.3 is 15.0 Å². The van der Waals surface area contributed by atoms with Crippen LogP contribution in [-0.4, -0.2) is 44.8 Å². The van der Waals surface area contributed by atoms with Gasteiger partial charge in [0, 0.05) is 33.9 Å². The Morgan fingerprint density at radius 1 is 1.24 bits per heavy atom. The highest BCUT2D eigenvalue weighted by molar-refractivity contribution is 5.73. The van der Waals surface area contributed by atoms with Gasteiger partial charge in [-0.25, -0.2) is 4.79 Å². The van der Waals surface area contributed by atoms with E-state index < -0.39 is 0 Å². The van der Waals surface area contributed by atoms with Crippen LogP contribution in [-0.2, 0) is 11.2 Å². The number of nitrogens with zero attached hydrogens (tertiary/aromatic N) is 1. The minimum absolute atomic E-state index is 0.0199. The van der Waals surface area contributed by atoms with E-state index in [1.54, 1.807) is 12.0 Å². The van der Waals surface area contributed by atoms with Crippen molar-refractivity contribution in [3.05, 3.63) is 34.4 Å². The first-order valence-electron chi connectivity index (χ1n) is 7.50. The Labute approximate surface area is 128 Å². The van der Waals surface area contributed by atoms with Crippen LogP contribution in [0.5, 0.6) is 0 Å². The zero-order chi connectivity index (χ0) is 15.8. The van der Waals surface area contributed by atoms with E-state index in [0.29, 0.717) is 19.7 Å². The van der Waals surface area contributed by atoms with Crippen LogP contribution in [0.4, 0.5) is 4.79 Å².